The summed E-state index contributed by atoms with van der Waals surface area (Å²) >= 11 is 0. The van der Waals surface area contributed by atoms with E-state index in [9.17, 15) is 19.2 Å². The molecule has 3 amide bonds. The summed E-state index contributed by atoms with van der Waals surface area (Å²) < 4.78 is 10.4. The third kappa shape index (κ3) is 4.67. The summed E-state index contributed by atoms with van der Waals surface area (Å²) in [5.41, 5.74) is 0.988. The number of piperazine rings is 1. The topological polar surface area (TPSA) is 96.5 Å². The molecule has 29 heavy (non-hydrogen) atoms. The Morgan fingerprint density at radius 2 is 1.79 bits per heavy atom. The van der Waals surface area contributed by atoms with Crippen LogP contribution in [0.5, 0.6) is 5.75 Å². The number of nitrogens with zero attached hydrogens (tertiary/aromatic N) is 3. The minimum Gasteiger partial charge on any atom is -0.482 e. The Bertz CT molecular complexity index is 816. The predicted octanol–water partition coefficient (Wildman–Crippen LogP) is 1.31. The van der Waals surface area contributed by atoms with Gasteiger partial charge < -0.3 is 24.2 Å². The first kappa shape index (κ1) is 20.6. The molecule has 0 atom stereocenters. The van der Waals surface area contributed by atoms with Gasteiger partial charge in [0.2, 0.25) is 5.91 Å². The number of amides is 3. The molecule has 1 aromatic rings. The number of benzene rings is 1. The van der Waals surface area contributed by atoms with Crippen molar-refractivity contribution < 1.29 is 28.7 Å². The van der Waals surface area contributed by atoms with Crippen molar-refractivity contribution in [2.45, 2.75) is 20.3 Å². The van der Waals surface area contributed by atoms with Gasteiger partial charge in [0.15, 0.2) is 12.4 Å². The Morgan fingerprint density at radius 3 is 2.45 bits per heavy atom. The normalized spacial score (nSPS) is 16.2. The number of ether oxygens (including phenoxy) is 2. The zero-order chi connectivity index (χ0) is 21.0. The third-order valence-corrected chi connectivity index (χ3v) is 5.02. The van der Waals surface area contributed by atoms with Crippen molar-refractivity contribution in [1.82, 2.24) is 9.80 Å². The molecule has 3 rings (SSSR count). The molecule has 9 nitrogen and oxygen atoms in total. The molecule has 156 valence electrons. The van der Waals surface area contributed by atoms with E-state index < -0.39 is 0 Å². The van der Waals surface area contributed by atoms with Gasteiger partial charge in [-0.05, 0) is 32.0 Å². The van der Waals surface area contributed by atoms with Crippen LogP contribution in [0.15, 0.2) is 18.2 Å². The van der Waals surface area contributed by atoms with E-state index in [1.54, 1.807) is 34.9 Å². The van der Waals surface area contributed by atoms with Crippen molar-refractivity contribution in [3.63, 3.8) is 0 Å². The van der Waals surface area contributed by atoms with Gasteiger partial charge in [-0.15, -0.1) is 0 Å². The molecule has 0 aromatic heterocycles. The zero-order valence-corrected chi connectivity index (χ0v) is 16.7. The van der Waals surface area contributed by atoms with E-state index in [-0.39, 0.29) is 43.3 Å². The van der Waals surface area contributed by atoms with Crippen LogP contribution in [0, 0.1) is 0 Å². The van der Waals surface area contributed by atoms with Crippen LogP contribution < -0.4 is 9.64 Å². The summed E-state index contributed by atoms with van der Waals surface area (Å²) in [6.45, 7) is 5.33. The lowest BCUT2D eigenvalue weighted by Crippen LogP contribution is -2.51. The molecular formula is C20H25N3O6. The minimum absolute atomic E-state index is 0.0860. The van der Waals surface area contributed by atoms with Crippen LogP contribution in [0.25, 0.3) is 0 Å². The highest BCUT2D eigenvalue weighted by atomic mass is 16.6. The monoisotopic (exact) mass is 403 g/mol. The van der Waals surface area contributed by atoms with Crippen LogP contribution in [0.1, 0.15) is 30.6 Å². The minimum atomic E-state index is -0.364. The molecule has 0 bridgehead atoms. The molecule has 2 aliphatic rings. The molecule has 1 saturated heterocycles. The molecule has 0 aliphatic carbocycles. The fourth-order valence-corrected chi connectivity index (χ4v) is 3.39. The molecule has 0 saturated carbocycles. The van der Waals surface area contributed by atoms with E-state index >= 15 is 0 Å². The van der Waals surface area contributed by atoms with E-state index in [1.807, 2.05) is 0 Å². The first-order chi connectivity index (χ1) is 13.9. The van der Waals surface area contributed by atoms with Gasteiger partial charge in [-0.1, -0.05) is 0 Å². The number of anilines is 1. The number of hydrogen-bond donors (Lipinski definition) is 0. The summed E-state index contributed by atoms with van der Waals surface area (Å²) in [6, 6.07) is 4.95. The number of ketones is 1. The van der Waals surface area contributed by atoms with Gasteiger partial charge in [0.1, 0.15) is 5.75 Å². The van der Waals surface area contributed by atoms with Crippen molar-refractivity contribution in [1.29, 1.82) is 0 Å². The molecule has 0 radical (unpaired) electrons. The van der Waals surface area contributed by atoms with E-state index in [0.29, 0.717) is 49.8 Å². The first-order valence-electron chi connectivity index (χ1n) is 9.68. The summed E-state index contributed by atoms with van der Waals surface area (Å²) in [7, 11) is 0. The average Bonchev–Trinajstić information content (AvgIpc) is 2.72. The van der Waals surface area contributed by atoms with Crippen LogP contribution in [0.3, 0.4) is 0 Å². The fourth-order valence-electron chi connectivity index (χ4n) is 3.39. The lowest BCUT2D eigenvalue weighted by atomic mass is 10.1. The van der Waals surface area contributed by atoms with E-state index in [2.05, 4.69) is 0 Å². The van der Waals surface area contributed by atoms with Gasteiger partial charge in [0, 0.05) is 44.7 Å². The lowest BCUT2D eigenvalue weighted by molar-refractivity contribution is -0.132. The number of fused-ring (bicyclic) bond motifs is 1. The van der Waals surface area contributed by atoms with Gasteiger partial charge in [-0.2, -0.15) is 0 Å². The Morgan fingerprint density at radius 1 is 1.10 bits per heavy atom. The number of hydrogen-bond acceptors (Lipinski definition) is 6. The van der Waals surface area contributed by atoms with Gasteiger partial charge in [-0.25, -0.2) is 4.79 Å². The van der Waals surface area contributed by atoms with E-state index in [0.717, 1.165) is 0 Å². The summed E-state index contributed by atoms with van der Waals surface area (Å²) in [4.78, 5) is 53.1. The second kappa shape index (κ2) is 8.93. The van der Waals surface area contributed by atoms with Crippen LogP contribution in [0.4, 0.5) is 10.5 Å². The largest absolute Gasteiger partial charge is 0.482 e. The summed E-state index contributed by atoms with van der Waals surface area (Å²) in [5, 5.41) is 0. The molecule has 1 aromatic carbocycles. The highest BCUT2D eigenvalue weighted by Crippen LogP contribution is 2.33. The van der Waals surface area contributed by atoms with Crippen molar-refractivity contribution in [2.24, 2.45) is 0 Å². The van der Waals surface area contributed by atoms with Gasteiger partial charge in [-0.3, -0.25) is 14.4 Å². The maximum absolute atomic E-state index is 12.6. The molecular weight excluding hydrogens is 378 g/mol. The fraction of sp³-hybridized carbons (Fsp3) is 0.500. The number of Topliss-reactive ketones (excluding diaryl/α,β-unsaturated/α-hetero) is 1. The van der Waals surface area contributed by atoms with E-state index in [1.165, 1.54) is 11.8 Å². The van der Waals surface area contributed by atoms with Crippen molar-refractivity contribution >= 4 is 29.4 Å². The van der Waals surface area contributed by atoms with Crippen LogP contribution in [-0.4, -0.2) is 79.4 Å². The van der Waals surface area contributed by atoms with Crippen molar-refractivity contribution in [3.8, 4) is 5.75 Å². The van der Waals surface area contributed by atoms with Gasteiger partial charge >= 0.3 is 6.09 Å². The Kier molecular flexibility index (Phi) is 6.36. The molecule has 1 fully saturated rings. The molecule has 0 N–H and O–H groups in total. The maximum atomic E-state index is 12.6. The average molecular weight is 403 g/mol. The maximum Gasteiger partial charge on any atom is 0.409 e. The quantitative estimate of drug-likeness (QED) is 0.688. The SMILES string of the molecule is CCOC(=O)N1CCN(C(=O)CCN2C(=O)COc3ccc(C(C)=O)cc32)CC1. The molecule has 2 aliphatic heterocycles. The third-order valence-electron chi connectivity index (χ3n) is 5.02. The standard InChI is InChI=1S/C20H25N3O6/c1-3-28-20(27)22-10-8-21(9-11-22)18(25)6-7-23-16-12-15(14(2)24)4-5-17(16)29-13-19(23)26/h4-5,12H,3,6-11,13H2,1-2H3. The number of rotatable bonds is 5. The Hall–Kier alpha value is -3.10. The van der Waals surface area contributed by atoms with Gasteiger partial charge in [0.25, 0.3) is 5.91 Å². The molecule has 0 spiro atoms. The van der Waals surface area contributed by atoms with E-state index in [4.69, 9.17) is 9.47 Å². The second-order valence-electron chi connectivity index (χ2n) is 6.89. The van der Waals surface area contributed by atoms with Crippen molar-refractivity contribution in [2.75, 3.05) is 50.8 Å². The molecule has 2 heterocycles. The molecule has 9 heteroatoms. The second-order valence-corrected chi connectivity index (χ2v) is 6.89. The van der Waals surface area contributed by atoms with Crippen LogP contribution >= 0.6 is 0 Å². The van der Waals surface area contributed by atoms with Gasteiger partial charge in [0.05, 0.1) is 12.3 Å². The number of carbonyl (C=O) groups is 4. The van der Waals surface area contributed by atoms with Crippen molar-refractivity contribution in [3.05, 3.63) is 23.8 Å². The smallest absolute Gasteiger partial charge is 0.409 e. The van der Waals surface area contributed by atoms with Crippen LogP contribution in [0.2, 0.25) is 0 Å². The predicted molar refractivity (Wildman–Crippen MR) is 104 cm³/mol. The van der Waals surface area contributed by atoms with Crippen LogP contribution in [-0.2, 0) is 14.3 Å². The Labute approximate surface area is 169 Å². The number of carbonyl (C=O) groups excluding carboxylic acids is 4. The highest BCUT2D eigenvalue weighted by molar-refractivity contribution is 6.01. The molecule has 0 unspecified atom stereocenters. The Balaban J connectivity index is 1.60. The first-order valence-corrected chi connectivity index (χ1v) is 9.68. The zero-order valence-electron chi connectivity index (χ0n) is 16.7. The lowest BCUT2D eigenvalue weighted by Gasteiger charge is -2.35. The summed E-state index contributed by atoms with van der Waals surface area (Å²) in [5.74, 6) is 0.0709. The highest BCUT2D eigenvalue weighted by Gasteiger charge is 2.29. The summed E-state index contributed by atoms with van der Waals surface area (Å²) in [6.07, 6.45) is -0.217.